The molecule has 27 heavy (non-hydrogen) atoms. The van der Waals surface area contributed by atoms with Crippen LogP contribution in [0.5, 0.6) is 11.5 Å². The maximum atomic E-state index is 12.4. The van der Waals surface area contributed by atoms with Gasteiger partial charge in [0.15, 0.2) is 11.4 Å². The average Bonchev–Trinajstić information content (AvgIpc) is 2.59. The molecule has 0 aliphatic rings. The van der Waals surface area contributed by atoms with Crippen LogP contribution in [0.3, 0.4) is 0 Å². The lowest BCUT2D eigenvalue weighted by Gasteiger charge is -2.19. The van der Waals surface area contributed by atoms with Gasteiger partial charge in [-0.3, -0.25) is 4.79 Å². The quantitative estimate of drug-likeness (QED) is 0.731. The molecule has 0 saturated carbocycles. The Morgan fingerprint density at radius 3 is 2.41 bits per heavy atom. The minimum Gasteiger partial charge on any atom is -0.453 e. The molecule has 8 heteroatoms. The van der Waals surface area contributed by atoms with Crippen LogP contribution in [-0.2, 0) is 4.74 Å². The summed E-state index contributed by atoms with van der Waals surface area (Å²) in [5.41, 5.74) is -0.457. The van der Waals surface area contributed by atoms with Crippen LogP contribution in [0.2, 0.25) is 5.02 Å². The van der Waals surface area contributed by atoms with E-state index in [1.807, 2.05) is 0 Å². The summed E-state index contributed by atoms with van der Waals surface area (Å²) in [5.74, 6) is 0.277. The van der Waals surface area contributed by atoms with Crippen LogP contribution in [0, 0.1) is 0 Å². The number of aromatic nitrogens is 1. The van der Waals surface area contributed by atoms with Crippen molar-refractivity contribution < 1.29 is 19.1 Å². The molecule has 2 N–H and O–H groups in total. The normalized spacial score (nSPS) is 10.8. The van der Waals surface area contributed by atoms with Crippen LogP contribution in [0.15, 0.2) is 42.6 Å². The molecule has 2 amide bonds. The number of hydrogen-bond acceptors (Lipinski definition) is 5. The molecule has 1 heterocycles. The van der Waals surface area contributed by atoms with Gasteiger partial charge >= 0.3 is 6.09 Å². The highest BCUT2D eigenvalue weighted by Gasteiger charge is 2.17. The van der Waals surface area contributed by atoms with Crippen molar-refractivity contribution in [2.24, 2.45) is 0 Å². The highest BCUT2D eigenvalue weighted by molar-refractivity contribution is 6.32. The van der Waals surface area contributed by atoms with E-state index >= 15 is 0 Å². The fraction of sp³-hybridized carbons (Fsp3) is 0.316. The lowest BCUT2D eigenvalue weighted by molar-refractivity contribution is 0.0526. The minimum atomic E-state index is -0.577. The molecule has 1 aromatic carbocycles. The summed E-state index contributed by atoms with van der Waals surface area (Å²) in [6, 6.07) is 10.2. The van der Waals surface area contributed by atoms with Crippen molar-refractivity contribution in [3.63, 3.8) is 0 Å². The largest absolute Gasteiger partial charge is 0.453 e. The molecule has 2 rings (SSSR count). The number of alkyl carbamates (subject to hydrolysis) is 1. The number of nitrogens with one attached hydrogen (secondary N) is 2. The third-order valence-electron chi connectivity index (χ3n) is 3.12. The molecule has 144 valence electrons. The van der Waals surface area contributed by atoms with Crippen LogP contribution in [-0.4, -0.2) is 35.7 Å². The van der Waals surface area contributed by atoms with Crippen molar-refractivity contribution in [2.75, 3.05) is 13.1 Å². The monoisotopic (exact) mass is 391 g/mol. The Hall–Kier alpha value is -2.80. The Balaban J connectivity index is 1.91. The number of benzene rings is 1. The fourth-order valence-electron chi connectivity index (χ4n) is 2.03. The Bertz CT molecular complexity index is 806. The number of para-hydroxylation sites is 1. The smallest absolute Gasteiger partial charge is 0.407 e. The van der Waals surface area contributed by atoms with Crippen LogP contribution >= 0.6 is 11.6 Å². The van der Waals surface area contributed by atoms with E-state index in [0.29, 0.717) is 10.8 Å². The number of pyridine rings is 1. The first kappa shape index (κ1) is 20.5. The molecule has 7 nitrogen and oxygen atoms in total. The zero-order valence-electron chi connectivity index (χ0n) is 15.4. The van der Waals surface area contributed by atoms with Crippen molar-refractivity contribution in [3.05, 3.63) is 53.3 Å². The molecule has 0 radical (unpaired) electrons. The molecule has 0 atom stereocenters. The number of ether oxygens (including phenoxy) is 2. The van der Waals surface area contributed by atoms with E-state index in [4.69, 9.17) is 21.1 Å². The summed E-state index contributed by atoms with van der Waals surface area (Å²) in [7, 11) is 0. The number of hydrogen-bond donors (Lipinski definition) is 2. The van der Waals surface area contributed by atoms with Crippen molar-refractivity contribution in [2.45, 2.75) is 26.4 Å². The van der Waals surface area contributed by atoms with E-state index < -0.39 is 17.6 Å². The molecular formula is C19H22ClN3O4. The van der Waals surface area contributed by atoms with Gasteiger partial charge in [-0.05, 0) is 45.0 Å². The Morgan fingerprint density at radius 2 is 1.70 bits per heavy atom. The van der Waals surface area contributed by atoms with Gasteiger partial charge in [0.2, 0.25) is 0 Å². The van der Waals surface area contributed by atoms with Crippen molar-refractivity contribution >= 4 is 23.6 Å². The summed E-state index contributed by atoms with van der Waals surface area (Å²) in [5, 5.41) is 5.66. The van der Waals surface area contributed by atoms with Crippen LogP contribution in [0.1, 0.15) is 31.3 Å². The molecule has 0 aliphatic heterocycles. The number of carbonyl (C=O) groups excluding carboxylic acids is 2. The number of rotatable bonds is 6. The Morgan fingerprint density at radius 1 is 1.04 bits per heavy atom. The highest BCUT2D eigenvalue weighted by atomic mass is 35.5. The van der Waals surface area contributed by atoms with E-state index in [1.54, 1.807) is 57.2 Å². The maximum Gasteiger partial charge on any atom is 0.407 e. The fourth-order valence-corrected chi connectivity index (χ4v) is 2.20. The first-order valence-electron chi connectivity index (χ1n) is 8.39. The van der Waals surface area contributed by atoms with E-state index in [-0.39, 0.29) is 24.5 Å². The van der Waals surface area contributed by atoms with Crippen LogP contribution in [0.4, 0.5) is 4.79 Å². The van der Waals surface area contributed by atoms with Gasteiger partial charge in [0, 0.05) is 19.3 Å². The zero-order valence-corrected chi connectivity index (χ0v) is 16.2. The first-order valence-corrected chi connectivity index (χ1v) is 8.76. The molecule has 0 spiro atoms. The lowest BCUT2D eigenvalue weighted by atomic mass is 10.2. The third-order valence-corrected chi connectivity index (χ3v) is 3.43. The first-order chi connectivity index (χ1) is 12.8. The van der Waals surface area contributed by atoms with Gasteiger partial charge in [-0.15, -0.1) is 0 Å². The SMILES string of the molecule is CC(C)(C)OC(=O)NCCNC(=O)c1ncccc1Oc1ccccc1Cl. The standard InChI is InChI=1S/C19H22ClN3O4/c1-19(2,3)27-18(25)23-12-11-22-17(24)16-15(9-6-10-21-16)26-14-8-5-4-7-13(14)20/h4-10H,11-12H2,1-3H3,(H,22,24)(H,23,25). The summed E-state index contributed by atoms with van der Waals surface area (Å²) >= 11 is 6.09. The van der Waals surface area contributed by atoms with E-state index in [1.165, 1.54) is 6.20 Å². The number of amides is 2. The molecule has 2 aromatic rings. The summed E-state index contributed by atoms with van der Waals surface area (Å²) in [6.07, 6.45) is 0.949. The molecule has 1 aromatic heterocycles. The topological polar surface area (TPSA) is 89.6 Å². The number of carbonyl (C=O) groups is 2. The third kappa shape index (κ3) is 6.79. The van der Waals surface area contributed by atoms with Gasteiger partial charge in [0.05, 0.1) is 5.02 Å². The van der Waals surface area contributed by atoms with Crippen molar-refractivity contribution in [1.29, 1.82) is 0 Å². The van der Waals surface area contributed by atoms with Gasteiger partial charge in [0.1, 0.15) is 11.4 Å². The zero-order chi connectivity index (χ0) is 19.9. The minimum absolute atomic E-state index is 0.120. The predicted molar refractivity (Wildman–Crippen MR) is 102 cm³/mol. The molecule has 0 saturated heterocycles. The van der Waals surface area contributed by atoms with Gasteiger partial charge in [0.25, 0.3) is 5.91 Å². The molecule has 0 aliphatic carbocycles. The van der Waals surface area contributed by atoms with Gasteiger partial charge in [-0.2, -0.15) is 0 Å². The van der Waals surface area contributed by atoms with E-state index in [0.717, 1.165) is 0 Å². The Labute approximate surface area is 163 Å². The van der Waals surface area contributed by atoms with Crippen molar-refractivity contribution in [1.82, 2.24) is 15.6 Å². The number of nitrogens with zero attached hydrogens (tertiary/aromatic N) is 1. The van der Waals surface area contributed by atoms with E-state index in [2.05, 4.69) is 15.6 Å². The molecule has 0 bridgehead atoms. The van der Waals surface area contributed by atoms with Gasteiger partial charge in [-0.25, -0.2) is 9.78 Å². The van der Waals surface area contributed by atoms with E-state index in [9.17, 15) is 9.59 Å². The lowest BCUT2D eigenvalue weighted by Crippen LogP contribution is -2.38. The molecule has 0 unspecified atom stereocenters. The van der Waals surface area contributed by atoms with Gasteiger partial charge < -0.3 is 20.1 Å². The highest BCUT2D eigenvalue weighted by Crippen LogP contribution is 2.30. The molecular weight excluding hydrogens is 370 g/mol. The number of halogens is 1. The summed E-state index contributed by atoms with van der Waals surface area (Å²) in [6.45, 7) is 5.75. The molecule has 0 fully saturated rings. The average molecular weight is 392 g/mol. The predicted octanol–water partition coefficient (Wildman–Crippen LogP) is 3.78. The summed E-state index contributed by atoms with van der Waals surface area (Å²) < 4.78 is 10.8. The summed E-state index contributed by atoms with van der Waals surface area (Å²) in [4.78, 5) is 28.0. The van der Waals surface area contributed by atoms with Crippen LogP contribution < -0.4 is 15.4 Å². The second-order valence-corrected chi connectivity index (χ2v) is 6.97. The van der Waals surface area contributed by atoms with Crippen molar-refractivity contribution in [3.8, 4) is 11.5 Å². The Kier molecular flexibility index (Phi) is 7.01. The second kappa shape index (κ2) is 9.23. The van der Waals surface area contributed by atoms with Crippen LogP contribution in [0.25, 0.3) is 0 Å². The second-order valence-electron chi connectivity index (χ2n) is 6.57. The maximum absolute atomic E-state index is 12.4. The van der Waals surface area contributed by atoms with Gasteiger partial charge in [-0.1, -0.05) is 23.7 Å².